The summed E-state index contributed by atoms with van der Waals surface area (Å²) in [6.07, 6.45) is 1.06. The predicted octanol–water partition coefficient (Wildman–Crippen LogP) is 0.217. The highest BCUT2D eigenvalue weighted by Crippen LogP contribution is 2.17. The van der Waals surface area contributed by atoms with Crippen molar-refractivity contribution in [3.63, 3.8) is 0 Å². The first kappa shape index (κ1) is 11.5. The molecule has 3 unspecified atom stereocenters. The quantitative estimate of drug-likeness (QED) is 0.648. The molecule has 1 aliphatic rings. The molecule has 0 aromatic heterocycles. The number of hydrogen-bond donors (Lipinski definition) is 1. The van der Waals surface area contributed by atoms with Crippen molar-refractivity contribution in [2.75, 3.05) is 20.2 Å². The van der Waals surface area contributed by atoms with Crippen LogP contribution in [0, 0.1) is 5.92 Å². The Balaban J connectivity index is 2.50. The highest BCUT2D eigenvalue weighted by Gasteiger charge is 2.29. The van der Waals surface area contributed by atoms with Crippen molar-refractivity contribution in [1.82, 2.24) is 4.90 Å². The molecule has 0 spiro atoms. The minimum atomic E-state index is -0.174. The van der Waals surface area contributed by atoms with E-state index in [2.05, 4.69) is 11.8 Å². The first-order chi connectivity index (χ1) is 6.56. The molecule has 2 N–H and O–H groups in total. The Labute approximate surface area is 85.4 Å². The van der Waals surface area contributed by atoms with Crippen molar-refractivity contribution >= 4 is 5.97 Å². The molecule has 82 valence electrons. The van der Waals surface area contributed by atoms with E-state index in [9.17, 15) is 4.79 Å². The fourth-order valence-corrected chi connectivity index (χ4v) is 1.80. The third kappa shape index (κ3) is 2.45. The number of piperidine rings is 1. The maximum atomic E-state index is 11.3. The SMILES string of the molecule is COC(=O)C(C)N1CCC(C)C(N)C1. The van der Waals surface area contributed by atoms with Crippen LogP contribution in [0.15, 0.2) is 0 Å². The smallest absolute Gasteiger partial charge is 0.322 e. The third-order valence-corrected chi connectivity index (χ3v) is 3.14. The molecule has 0 aromatic rings. The van der Waals surface area contributed by atoms with Crippen LogP contribution in [0.5, 0.6) is 0 Å². The van der Waals surface area contributed by atoms with Crippen molar-refractivity contribution in [3.05, 3.63) is 0 Å². The molecule has 1 heterocycles. The predicted molar refractivity (Wildman–Crippen MR) is 54.8 cm³/mol. The lowest BCUT2D eigenvalue weighted by atomic mass is 9.93. The van der Waals surface area contributed by atoms with Crippen molar-refractivity contribution < 1.29 is 9.53 Å². The summed E-state index contributed by atoms with van der Waals surface area (Å²) in [7, 11) is 1.42. The van der Waals surface area contributed by atoms with E-state index in [1.165, 1.54) is 7.11 Å². The second kappa shape index (κ2) is 4.75. The molecule has 0 amide bonds. The maximum absolute atomic E-state index is 11.3. The van der Waals surface area contributed by atoms with Crippen LogP contribution in [0.4, 0.5) is 0 Å². The van der Waals surface area contributed by atoms with Crippen LogP contribution in [0.1, 0.15) is 20.3 Å². The molecule has 0 saturated carbocycles. The number of nitrogens with zero attached hydrogens (tertiary/aromatic N) is 1. The lowest BCUT2D eigenvalue weighted by Crippen LogP contribution is -2.52. The van der Waals surface area contributed by atoms with E-state index in [4.69, 9.17) is 10.5 Å². The number of carbonyl (C=O) groups excluding carboxylic acids is 1. The Morgan fingerprint density at radius 3 is 2.79 bits per heavy atom. The molecule has 1 aliphatic heterocycles. The molecule has 14 heavy (non-hydrogen) atoms. The van der Waals surface area contributed by atoms with Crippen molar-refractivity contribution in [2.24, 2.45) is 11.7 Å². The van der Waals surface area contributed by atoms with Gasteiger partial charge in [-0.15, -0.1) is 0 Å². The molecule has 0 aliphatic carbocycles. The van der Waals surface area contributed by atoms with Crippen LogP contribution < -0.4 is 5.73 Å². The number of carbonyl (C=O) groups is 1. The largest absolute Gasteiger partial charge is 0.468 e. The number of hydrogen-bond acceptors (Lipinski definition) is 4. The first-order valence-electron chi connectivity index (χ1n) is 5.13. The maximum Gasteiger partial charge on any atom is 0.322 e. The van der Waals surface area contributed by atoms with Gasteiger partial charge in [0.25, 0.3) is 0 Å². The molecule has 1 saturated heterocycles. The third-order valence-electron chi connectivity index (χ3n) is 3.14. The summed E-state index contributed by atoms with van der Waals surface area (Å²) in [5.41, 5.74) is 5.95. The summed E-state index contributed by atoms with van der Waals surface area (Å²) in [6.45, 7) is 5.75. The Morgan fingerprint density at radius 1 is 1.64 bits per heavy atom. The molecular weight excluding hydrogens is 180 g/mol. The van der Waals surface area contributed by atoms with Crippen molar-refractivity contribution in [2.45, 2.75) is 32.4 Å². The van der Waals surface area contributed by atoms with E-state index in [0.29, 0.717) is 5.92 Å². The number of ether oxygens (including phenoxy) is 1. The highest BCUT2D eigenvalue weighted by molar-refractivity contribution is 5.75. The summed E-state index contributed by atoms with van der Waals surface area (Å²) in [6, 6.07) is 0.00871. The van der Waals surface area contributed by atoms with Crippen molar-refractivity contribution in [1.29, 1.82) is 0 Å². The number of esters is 1. The van der Waals surface area contributed by atoms with Crippen molar-refractivity contribution in [3.8, 4) is 0 Å². The lowest BCUT2D eigenvalue weighted by molar-refractivity contribution is -0.147. The zero-order chi connectivity index (χ0) is 10.7. The summed E-state index contributed by atoms with van der Waals surface area (Å²) in [5.74, 6) is 0.378. The summed E-state index contributed by atoms with van der Waals surface area (Å²) < 4.78 is 4.71. The van der Waals surface area contributed by atoms with Gasteiger partial charge in [-0.05, 0) is 25.8 Å². The van der Waals surface area contributed by atoms with E-state index >= 15 is 0 Å². The molecular formula is C10H20N2O2. The van der Waals surface area contributed by atoms with Gasteiger partial charge < -0.3 is 10.5 Å². The minimum absolute atomic E-state index is 0.168. The lowest BCUT2D eigenvalue weighted by Gasteiger charge is -2.37. The molecule has 1 fully saturated rings. The first-order valence-corrected chi connectivity index (χ1v) is 5.13. The number of methoxy groups -OCH3 is 1. The Kier molecular flexibility index (Phi) is 3.89. The van der Waals surface area contributed by atoms with Gasteiger partial charge in [-0.1, -0.05) is 6.92 Å². The Bertz CT molecular complexity index is 208. The topological polar surface area (TPSA) is 55.6 Å². The van der Waals surface area contributed by atoms with Crippen LogP contribution in [0.3, 0.4) is 0 Å². The van der Waals surface area contributed by atoms with E-state index in [1.807, 2.05) is 6.92 Å². The summed E-state index contributed by atoms with van der Waals surface area (Å²) >= 11 is 0. The molecule has 0 radical (unpaired) electrons. The van der Waals surface area contributed by atoms with Gasteiger partial charge in [0.2, 0.25) is 0 Å². The van der Waals surface area contributed by atoms with Gasteiger partial charge in [0.05, 0.1) is 7.11 Å². The minimum Gasteiger partial charge on any atom is -0.468 e. The van der Waals surface area contributed by atoms with Gasteiger partial charge in [0, 0.05) is 12.6 Å². The average Bonchev–Trinajstić information content (AvgIpc) is 2.20. The van der Waals surface area contributed by atoms with Gasteiger partial charge in [-0.2, -0.15) is 0 Å². The normalized spacial score (nSPS) is 31.1. The summed E-state index contributed by atoms with van der Waals surface area (Å²) in [4.78, 5) is 13.4. The van der Waals surface area contributed by atoms with Crippen LogP contribution in [0.25, 0.3) is 0 Å². The molecule has 4 nitrogen and oxygen atoms in total. The highest BCUT2D eigenvalue weighted by atomic mass is 16.5. The van der Waals surface area contributed by atoms with Crippen LogP contribution in [-0.2, 0) is 9.53 Å². The van der Waals surface area contributed by atoms with E-state index in [-0.39, 0.29) is 18.1 Å². The van der Waals surface area contributed by atoms with Gasteiger partial charge in [0.1, 0.15) is 6.04 Å². The van der Waals surface area contributed by atoms with Gasteiger partial charge in [-0.3, -0.25) is 9.69 Å². The van der Waals surface area contributed by atoms with Gasteiger partial charge in [0.15, 0.2) is 0 Å². The molecule has 1 rings (SSSR count). The van der Waals surface area contributed by atoms with Crippen LogP contribution in [-0.4, -0.2) is 43.2 Å². The van der Waals surface area contributed by atoms with E-state index < -0.39 is 0 Å². The Morgan fingerprint density at radius 2 is 2.29 bits per heavy atom. The van der Waals surface area contributed by atoms with Gasteiger partial charge in [-0.25, -0.2) is 0 Å². The number of rotatable bonds is 2. The monoisotopic (exact) mass is 200 g/mol. The summed E-state index contributed by atoms with van der Waals surface area (Å²) in [5, 5.41) is 0. The average molecular weight is 200 g/mol. The molecule has 4 heteroatoms. The molecule has 0 bridgehead atoms. The fourth-order valence-electron chi connectivity index (χ4n) is 1.80. The van der Waals surface area contributed by atoms with Gasteiger partial charge >= 0.3 is 5.97 Å². The number of nitrogens with two attached hydrogens (primary N) is 1. The van der Waals surface area contributed by atoms with E-state index in [1.54, 1.807) is 0 Å². The van der Waals surface area contributed by atoms with Crippen LogP contribution in [0.2, 0.25) is 0 Å². The Hall–Kier alpha value is -0.610. The molecule has 3 atom stereocenters. The van der Waals surface area contributed by atoms with E-state index in [0.717, 1.165) is 19.5 Å². The zero-order valence-corrected chi connectivity index (χ0v) is 9.19. The standard InChI is InChI=1S/C10H20N2O2/c1-7-4-5-12(6-9(7)11)8(2)10(13)14-3/h7-9H,4-6,11H2,1-3H3. The fraction of sp³-hybridized carbons (Fsp3) is 0.900. The second-order valence-electron chi connectivity index (χ2n) is 4.12. The zero-order valence-electron chi connectivity index (χ0n) is 9.19. The second-order valence-corrected chi connectivity index (χ2v) is 4.12. The molecule has 0 aromatic carbocycles. The number of likely N-dealkylation sites (tertiary alicyclic amines) is 1. The van der Waals surface area contributed by atoms with Crippen LogP contribution >= 0.6 is 0 Å².